The summed E-state index contributed by atoms with van der Waals surface area (Å²) in [5.74, 6) is 0.735. The van der Waals surface area contributed by atoms with Gasteiger partial charge in [0.1, 0.15) is 0 Å². The average molecular weight is 191 g/mol. The monoisotopic (exact) mass is 191 g/mol. The number of nitrogens with two attached hydrogens (primary N) is 1. The molecule has 14 heavy (non-hydrogen) atoms. The highest BCUT2D eigenvalue weighted by atomic mass is 15.3. The van der Waals surface area contributed by atoms with Crippen molar-refractivity contribution in [2.45, 2.75) is 43.6 Å². The number of aromatic nitrogens is 2. The van der Waals surface area contributed by atoms with Crippen LogP contribution in [0.4, 0.5) is 0 Å². The van der Waals surface area contributed by atoms with Crippen LogP contribution in [0.3, 0.4) is 0 Å². The molecule has 76 valence electrons. The number of hydrogen-bond donors (Lipinski definition) is 1. The fraction of sp³-hybridized carbons (Fsp3) is 0.727. The van der Waals surface area contributed by atoms with Gasteiger partial charge in [-0.2, -0.15) is 5.10 Å². The molecule has 2 aliphatic rings. The zero-order chi connectivity index (χ0) is 9.76. The molecule has 1 aromatic rings. The molecule has 0 bridgehead atoms. The standard InChI is InChI=1S/C11H17N3/c1-14-10(8-3-2-4-8)9(7-13-14)11(12)5-6-11/h7-8H,2-6,12H2,1H3. The Balaban J connectivity index is 2.02. The van der Waals surface area contributed by atoms with E-state index >= 15 is 0 Å². The summed E-state index contributed by atoms with van der Waals surface area (Å²) in [4.78, 5) is 0. The number of hydrogen-bond acceptors (Lipinski definition) is 2. The normalized spacial score (nSPS) is 24.7. The van der Waals surface area contributed by atoms with E-state index in [4.69, 9.17) is 5.73 Å². The molecule has 3 rings (SSSR count). The first-order valence-electron chi connectivity index (χ1n) is 5.52. The summed E-state index contributed by atoms with van der Waals surface area (Å²) in [6.45, 7) is 0. The quantitative estimate of drug-likeness (QED) is 0.772. The maximum absolute atomic E-state index is 6.25. The van der Waals surface area contributed by atoms with Crippen LogP contribution in [0.5, 0.6) is 0 Å². The fourth-order valence-corrected chi connectivity index (χ4v) is 2.40. The molecule has 1 heterocycles. The van der Waals surface area contributed by atoms with Gasteiger partial charge in [0, 0.05) is 29.8 Å². The van der Waals surface area contributed by atoms with E-state index in [1.54, 1.807) is 0 Å². The zero-order valence-electron chi connectivity index (χ0n) is 8.66. The maximum Gasteiger partial charge on any atom is 0.0543 e. The van der Waals surface area contributed by atoms with Gasteiger partial charge in [-0.25, -0.2) is 0 Å². The lowest BCUT2D eigenvalue weighted by molar-refractivity contribution is 0.392. The molecule has 2 aliphatic carbocycles. The van der Waals surface area contributed by atoms with Gasteiger partial charge in [-0.05, 0) is 25.7 Å². The van der Waals surface area contributed by atoms with Crippen molar-refractivity contribution in [3.05, 3.63) is 17.5 Å². The Morgan fingerprint density at radius 2 is 2.21 bits per heavy atom. The van der Waals surface area contributed by atoms with Crippen LogP contribution in [-0.4, -0.2) is 9.78 Å². The van der Waals surface area contributed by atoms with Crippen LogP contribution < -0.4 is 5.73 Å². The van der Waals surface area contributed by atoms with Crippen molar-refractivity contribution in [1.29, 1.82) is 0 Å². The lowest BCUT2D eigenvalue weighted by Gasteiger charge is -2.27. The maximum atomic E-state index is 6.25. The third kappa shape index (κ3) is 1.05. The van der Waals surface area contributed by atoms with Gasteiger partial charge in [0.2, 0.25) is 0 Å². The number of aryl methyl sites for hydroxylation is 1. The zero-order valence-corrected chi connectivity index (χ0v) is 8.66. The SMILES string of the molecule is Cn1ncc(C2(N)CC2)c1C1CCC1. The molecular formula is C11H17N3. The van der Waals surface area contributed by atoms with Crippen molar-refractivity contribution < 1.29 is 0 Å². The molecule has 0 spiro atoms. The summed E-state index contributed by atoms with van der Waals surface area (Å²) >= 11 is 0. The summed E-state index contributed by atoms with van der Waals surface area (Å²) in [6.07, 6.45) is 8.27. The summed E-state index contributed by atoms with van der Waals surface area (Å²) in [5.41, 5.74) is 8.97. The Labute approximate surface area is 84.3 Å². The fourth-order valence-electron chi connectivity index (χ4n) is 2.40. The molecule has 0 aromatic carbocycles. The number of rotatable bonds is 2. The molecule has 2 saturated carbocycles. The minimum Gasteiger partial charge on any atom is -0.321 e. The molecule has 0 atom stereocenters. The van der Waals surface area contributed by atoms with E-state index in [-0.39, 0.29) is 5.54 Å². The smallest absolute Gasteiger partial charge is 0.0543 e. The highest BCUT2D eigenvalue weighted by Gasteiger charge is 2.44. The lowest BCUT2D eigenvalue weighted by atomic mass is 9.80. The largest absolute Gasteiger partial charge is 0.321 e. The molecule has 3 nitrogen and oxygen atoms in total. The Morgan fingerprint density at radius 3 is 2.71 bits per heavy atom. The highest BCUT2D eigenvalue weighted by molar-refractivity contribution is 5.34. The van der Waals surface area contributed by atoms with Gasteiger partial charge in [-0.15, -0.1) is 0 Å². The predicted octanol–water partition coefficient (Wildman–Crippen LogP) is 1.64. The van der Waals surface area contributed by atoms with E-state index in [1.807, 2.05) is 17.9 Å². The molecular weight excluding hydrogens is 174 g/mol. The van der Waals surface area contributed by atoms with Crippen molar-refractivity contribution in [2.75, 3.05) is 0 Å². The van der Waals surface area contributed by atoms with Crippen molar-refractivity contribution in [2.24, 2.45) is 12.8 Å². The molecule has 0 amide bonds. The van der Waals surface area contributed by atoms with Crippen LogP contribution >= 0.6 is 0 Å². The molecule has 0 unspecified atom stereocenters. The van der Waals surface area contributed by atoms with E-state index in [1.165, 1.54) is 30.5 Å². The molecule has 0 radical (unpaired) electrons. The van der Waals surface area contributed by atoms with Crippen LogP contribution in [0.2, 0.25) is 0 Å². The minimum atomic E-state index is -0.0147. The van der Waals surface area contributed by atoms with Gasteiger partial charge in [0.15, 0.2) is 0 Å². The Kier molecular flexibility index (Phi) is 1.57. The van der Waals surface area contributed by atoms with E-state index in [9.17, 15) is 0 Å². The van der Waals surface area contributed by atoms with Gasteiger partial charge in [0.05, 0.1) is 6.20 Å². The second-order valence-electron chi connectivity index (χ2n) is 4.85. The Morgan fingerprint density at radius 1 is 1.50 bits per heavy atom. The van der Waals surface area contributed by atoms with Crippen LogP contribution in [0, 0.1) is 0 Å². The molecule has 3 heteroatoms. The first-order valence-corrected chi connectivity index (χ1v) is 5.52. The highest BCUT2D eigenvalue weighted by Crippen LogP contribution is 2.48. The van der Waals surface area contributed by atoms with Crippen LogP contribution in [0.25, 0.3) is 0 Å². The first-order chi connectivity index (χ1) is 6.71. The van der Waals surface area contributed by atoms with Crippen LogP contribution in [0.15, 0.2) is 6.20 Å². The summed E-state index contributed by atoms with van der Waals surface area (Å²) in [6, 6.07) is 0. The third-order valence-corrected chi connectivity index (χ3v) is 3.80. The molecule has 0 saturated heterocycles. The minimum absolute atomic E-state index is 0.0147. The molecule has 2 fully saturated rings. The van der Waals surface area contributed by atoms with Gasteiger partial charge >= 0.3 is 0 Å². The third-order valence-electron chi connectivity index (χ3n) is 3.80. The van der Waals surface area contributed by atoms with Gasteiger partial charge in [-0.1, -0.05) is 6.42 Å². The average Bonchev–Trinajstić information content (AvgIpc) is 2.69. The Bertz CT molecular complexity index is 359. The van der Waals surface area contributed by atoms with E-state index < -0.39 is 0 Å². The van der Waals surface area contributed by atoms with Crippen LogP contribution in [-0.2, 0) is 12.6 Å². The van der Waals surface area contributed by atoms with Crippen molar-refractivity contribution in [3.8, 4) is 0 Å². The van der Waals surface area contributed by atoms with E-state index in [0.717, 1.165) is 18.8 Å². The van der Waals surface area contributed by atoms with Crippen LogP contribution in [0.1, 0.15) is 49.3 Å². The van der Waals surface area contributed by atoms with Crippen molar-refractivity contribution in [3.63, 3.8) is 0 Å². The lowest BCUT2D eigenvalue weighted by Crippen LogP contribution is -2.23. The molecule has 2 N–H and O–H groups in total. The van der Waals surface area contributed by atoms with E-state index in [2.05, 4.69) is 5.10 Å². The summed E-state index contributed by atoms with van der Waals surface area (Å²) in [5, 5.41) is 4.36. The molecule has 0 aliphatic heterocycles. The molecule has 1 aromatic heterocycles. The topological polar surface area (TPSA) is 43.8 Å². The van der Waals surface area contributed by atoms with E-state index in [0.29, 0.717) is 0 Å². The first kappa shape index (κ1) is 8.48. The van der Waals surface area contributed by atoms with Crippen molar-refractivity contribution >= 4 is 0 Å². The Hall–Kier alpha value is -0.830. The van der Waals surface area contributed by atoms with Gasteiger partial charge in [-0.3, -0.25) is 4.68 Å². The second-order valence-corrected chi connectivity index (χ2v) is 4.85. The number of nitrogens with zero attached hydrogens (tertiary/aromatic N) is 2. The predicted molar refractivity (Wildman–Crippen MR) is 54.9 cm³/mol. The second kappa shape index (κ2) is 2.60. The summed E-state index contributed by atoms with van der Waals surface area (Å²) < 4.78 is 2.03. The van der Waals surface area contributed by atoms with Gasteiger partial charge in [0.25, 0.3) is 0 Å². The summed E-state index contributed by atoms with van der Waals surface area (Å²) in [7, 11) is 2.04. The van der Waals surface area contributed by atoms with Crippen molar-refractivity contribution in [1.82, 2.24) is 9.78 Å². The van der Waals surface area contributed by atoms with Gasteiger partial charge < -0.3 is 5.73 Å².